The second kappa shape index (κ2) is 4.93. The van der Waals surface area contributed by atoms with E-state index in [1.807, 2.05) is 0 Å². The van der Waals surface area contributed by atoms with E-state index in [4.69, 9.17) is 0 Å². The van der Waals surface area contributed by atoms with E-state index < -0.39 is 28.0 Å². The van der Waals surface area contributed by atoms with Crippen LogP contribution in [0.3, 0.4) is 0 Å². The number of rotatable bonds is 4. The van der Waals surface area contributed by atoms with Gasteiger partial charge in [-0.1, -0.05) is 6.07 Å². The van der Waals surface area contributed by atoms with Crippen molar-refractivity contribution in [3.63, 3.8) is 0 Å². The van der Waals surface area contributed by atoms with Crippen molar-refractivity contribution in [1.29, 1.82) is 0 Å². The molecule has 0 bridgehead atoms. The number of para-hydroxylation sites is 1. The molecule has 1 amide bonds. The van der Waals surface area contributed by atoms with Crippen LogP contribution in [0.5, 0.6) is 0 Å². The number of aromatic nitrogens is 3. The zero-order chi connectivity index (χ0) is 15.0. The molecule has 1 heterocycles. The summed E-state index contributed by atoms with van der Waals surface area (Å²) in [6, 6.07) is 3.32. The average molecular weight is 291 g/mol. The molecule has 1 aliphatic rings. The predicted molar refractivity (Wildman–Crippen MR) is 69.4 cm³/mol. The van der Waals surface area contributed by atoms with E-state index in [1.54, 1.807) is 0 Å². The van der Waals surface area contributed by atoms with Crippen LogP contribution in [-0.4, -0.2) is 26.0 Å². The summed E-state index contributed by atoms with van der Waals surface area (Å²) in [5.74, 6) is -0.985. The molecule has 0 spiro atoms. The van der Waals surface area contributed by atoms with Crippen molar-refractivity contribution in [2.45, 2.75) is 18.8 Å². The number of nitrogens with zero attached hydrogens (tertiary/aromatic N) is 3. The van der Waals surface area contributed by atoms with Crippen LogP contribution < -0.4 is 5.32 Å². The summed E-state index contributed by atoms with van der Waals surface area (Å²) in [4.78, 5) is 26.0. The lowest BCUT2D eigenvalue weighted by atomic mass is 10.2. The lowest BCUT2D eigenvalue weighted by Gasteiger charge is -2.04. The number of amides is 1. The number of nitro benzene ring substituents is 1. The molecule has 21 heavy (non-hydrogen) atoms. The first-order valence-electron chi connectivity index (χ1n) is 6.23. The molecule has 2 N–H and O–H groups in total. The number of H-pyrrole nitrogens is 1. The highest BCUT2D eigenvalue weighted by molar-refractivity contribution is 6.02. The van der Waals surface area contributed by atoms with Crippen LogP contribution >= 0.6 is 0 Å². The minimum Gasteiger partial charge on any atom is -0.311 e. The topological polar surface area (TPSA) is 114 Å². The lowest BCUT2D eigenvalue weighted by molar-refractivity contribution is -0.384. The number of benzene rings is 1. The Bertz CT molecular complexity index is 725. The first-order valence-corrected chi connectivity index (χ1v) is 6.23. The van der Waals surface area contributed by atoms with Gasteiger partial charge in [0.15, 0.2) is 11.5 Å². The zero-order valence-corrected chi connectivity index (χ0v) is 10.7. The van der Waals surface area contributed by atoms with Crippen LogP contribution in [0.15, 0.2) is 18.2 Å². The first kappa shape index (κ1) is 13.2. The highest BCUT2D eigenvalue weighted by Crippen LogP contribution is 2.37. The van der Waals surface area contributed by atoms with E-state index in [1.165, 1.54) is 6.07 Å². The molecule has 0 saturated heterocycles. The minimum absolute atomic E-state index is 0.172. The number of nitro groups is 1. The second-order valence-electron chi connectivity index (χ2n) is 4.66. The fourth-order valence-corrected chi connectivity index (χ4v) is 1.87. The Morgan fingerprint density at radius 2 is 2.24 bits per heavy atom. The van der Waals surface area contributed by atoms with Gasteiger partial charge in [-0.2, -0.15) is 0 Å². The Morgan fingerprint density at radius 1 is 1.48 bits per heavy atom. The molecule has 8 nitrogen and oxygen atoms in total. The Balaban J connectivity index is 1.85. The third-order valence-electron chi connectivity index (χ3n) is 3.10. The second-order valence-corrected chi connectivity index (χ2v) is 4.66. The molecule has 1 aromatic heterocycles. The van der Waals surface area contributed by atoms with Gasteiger partial charge in [-0.15, -0.1) is 5.10 Å². The van der Waals surface area contributed by atoms with Gasteiger partial charge in [0.25, 0.3) is 11.6 Å². The molecule has 2 aromatic rings. The van der Waals surface area contributed by atoms with Crippen LogP contribution in [0.25, 0.3) is 0 Å². The Morgan fingerprint density at radius 3 is 2.90 bits per heavy atom. The average Bonchev–Trinajstić information content (AvgIpc) is 3.18. The Kier molecular flexibility index (Phi) is 3.09. The summed E-state index contributed by atoms with van der Waals surface area (Å²) in [5.41, 5.74) is -1.02. The van der Waals surface area contributed by atoms with Crippen LogP contribution in [0.2, 0.25) is 0 Å². The number of nitrogens with one attached hydrogen (secondary N) is 2. The van der Waals surface area contributed by atoms with Crippen LogP contribution in [-0.2, 0) is 0 Å². The van der Waals surface area contributed by atoms with Gasteiger partial charge in [0, 0.05) is 12.0 Å². The van der Waals surface area contributed by atoms with E-state index in [0.29, 0.717) is 5.82 Å². The molecule has 0 atom stereocenters. The summed E-state index contributed by atoms with van der Waals surface area (Å²) in [7, 11) is 0. The van der Waals surface area contributed by atoms with E-state index in [-0.39, 0.29) is 11.7 Å². The molecule has 108 valence electrons. The summed E-state index contributed by atoms with van der Waals surface area (Å²) >= 11 is 0. The van der Waals surface area contributed by atoms with Gasteiger partial charge in [-0.05, 0) is 18.9 Å². The van der Waals surface area contributed by atoms with Crippen LogP contribution in [0.4, 0.5) is 15.8 Å². The molecular weight excluding hydrogens is 281 g/mol. The fourth-order valence-electron chi connectivity index (χ4n) is 1.87. The molecule has 0 radical (unpaired) electrons. The van der Waals surface area contributed by atoms with E-state index in [9.17, 15) is 19.3 Å². The van der Waals surface area contributed by atoms with Crippen molar-refractivity contribution in [1.82, 2.24) is 15.2 Å². The summed E-state index contributed by atoms with van der Waals surface area (Å²) in [5, 5.41) is 19.4. The van der Waals surface area contributed by atoms with Crippen molar-refractivity contribution in [3.05, 3.63) is 45.8 Å². The number of halogens is 1. The molecule has 0 unspecified atom stereocenters. The maximum atomic E-state index is 13.7. The third-order valence-corrected chi connectivity index (χ3v) is 3.10. The number of hydrogen-bond donors (Lipinski definition) is 2. The van der Waals surface area contributed by atoms with Crippen molar-refractivity contribution >= 4 is 17.3 Å². The zero-order valence-electron chi connectivity index (χ0n) is 10.7. The van der Waals surface area contributed by atoms with Crippen molar-refractivity contribution in [3.8, 4) is 0 Å². The SMILES string of the molecule is O=C(Nc1c(F)cccc1[N+](=O)[O-])c1n[nH]c(C2CC2)n1. The summed E-state index contributed by atoms with van der Waals surface area (Å²) in [6.07, 6.45) is 1.96. The molecule has 1 fully saturated rings. The third kappa shape index (κ3) is 2.57. The van der Waals surface area contributed by atoms with Crippen molar-refractivity contribution < 1.29 is 14.1 Å². The van der Waals surface area contributed by atoms with E-state index in [2.05, 4.69) is 20.5 Å². The van der Waals surface area contributed by atoms with Gasteiger partial charge in [0.2, 0.25) is 5.82 Å². The summed E-state index contributed by atoms with van der Waals surface area (Å²) in [6.45, 7) is 0. The largest absolute Gasteiger partial charge is 0.311 e. The first-order chi connectivity index (χ1) is 10.1. The number of aromatic amines is 1. The van der Waals surface area contributed by atoms with E-state index >= 15 is 0 Å². The number of hydrogen-bond acceptors (Lipinski definition) is 5. The minimum atomic E-state index is -0.893. The highest BCUT2D eigenvalue weighted by atomic mass is 19.1. The highest BCUT2D eigenvalue weighted by Gasteiger charge is 2.29. The number of carbonyl (C=O) groups is 1. The van der Waals surface area contributed by atoms with Gasteiger partial charge in [0.05, 0.1) is 4.92 Å². The van der Waals surface area contributed by atoms with E-state index in [0.717, 1.165) is 25.0 Å². The van der Waals surface area contributed by atoms with Crippen LogP contribution in [0, 0.1) is 15.9 Å². The maximum Gasteiger partial charge on any atom is 0.295 e. The molecule has 9 heteroatoms. The maximum absolute atomic E-state index is 13.7. The monoisotopic (exact) mass is 291 g/mol. The summed E-state index contributed by atoms with van der Waals surface area (Å²) < 4.78 is 13.7. The molecule has 1 aliphatic carbocycles. The molecule has 1 aromatic carbocycles. The van der Waals surface area contributed by atoms with Gasteiger partial charge < -0.3 is 5.32 Å². The quantitative estimate of drug-likeness (QED) is 0.660. The lowest BCUT2D eigenvalue weighted by Crippen LogP contribution is -2.16. The fraction of sp³-hybridized carbons (Fsp3) is 0.250. The van der Waals surface area contributed by atoms with Crippen molar-refractivity contribution in [2.75, 3.05) is 5.32 Å². The molecule has 0 aliphatic heterocycles. The van der Waals surface area contributed by atoms with Gasteiger partial charge in [0.1, 0.15) is 5.82 Å². The number of carbonyl (C=O) groups excluding carboxylic acids is 1. The predicted octanol–water partition coefficient (Wildman–Crippen LogP) is 1.98. The smallest absolute Gasteiger partial charge is 0.295 e. The Labute approximate surface area is 117 Å². The molecule has 1 saturated carbocycles. The molecule has 3 rings (SSSR count). The van der Waals surface area contributed by atoms with Gasteiger partial charge >= 0.3 is 0 Å². The van der Waals surface area contributed by atoms with Crippen LogP contribution in [0.1, 0.15) is 35.2 Å². The van der Waals surface area contributed by atoms with Gasteiger partial charge in [-0.3, -0.25) is 20.0 Å². The Hall–Kier alpha value is -2.84. The molecular formula is C12H10FN5O3. The van der Waals surface area contributed by atoms with Gasteiger partial charge in [-0.25, -0.2) is 9.37 Å². The standard InChI is InChI=1S/C12H10FN5O3/c13-7-2-1-3-8(18(20)21)9(7)14-12(19)11-15-10(16-17-11)6-4-5-6/h1-3,6H,4-5H2,(H,14,19)(H,15,16,17). The normalized spacial score (nSPS) is 14.0. The van der Waals surface area contributed by atoms with Crippen molar-refractivity contribution in [2.24, 2.45) is 0 Å². The number of anilines is 1.